The minimum Gasteiger partial charge on any atom is -0.497 e. The van der Waals surface area contributed by atoms with Gasteiger partial charge in [-0.05, 0) is 36.2 Å². The van der Waals surface area contributed by atoms with Crippen molar-refractivity contribution >= 4 is 11.6 Å². The highest BCUT2D eigenvalue weighted by Crippen LogP contribution is 2.15. The lowest BCUT2D eigenvalue weighted by Crippen LogP contribution is -2.02. The van der Waals surface area contributed by atoms with E-state index in [0.717, 1.165) is 17.1 Å². The Balaban J connectivity index is 2.20. The molecule has 0 aliphatic heterocycles. The molecule has 0 aliphatic carbocycles. The number of ether oxygens (including phenoxy) is 1. The molecule has 4 nitrogen and oxygen atoms in total. The van der Waals surface area contributed by atoms with Gasteiger partial charge in [0.05, 0.1) is 13.7 Å². The first-order chi connectivity index (χ1) is 7.70. The minimum atomic E-state index is 0.410. The van der Waals surface area contributed by atoms with Crippen molar-refractivity contribution in [2.45, 2.75) is 13.5 Å². The van der Waals surface area contributed by atoms with Crippen LogP contribution in [0, 0.1) is 6.92 Å². The molecular weight excluding hydrogens is 226 g/mol. The van der Waals surface area contributed by atoms with Gasteiger partial charge in [0.15, 0.2) is 0 Å². The number of rotatable bonds is 3. The van der Waals surface area contributed by atoms with Gasteiger partial charge < -0.3 is 4.74 Å². The molecular formula is C11H12ClN3O. The molecule has 0 spiro atoms. The lowest BCUT2D eigenvalue weighted by Gasteiger charge is -2.06. The molecule has 0 N–H and O–H groups in total. The molecule has 0 fully saturated rings. The van der Waals surface area contributed by atoms with Gasteiger partial charge in [0, 0.05) is 0 Å². The van der Waals surface area contributed by atoms with Crippen molar-refractivity contribution in [3.63, 3.8) is 0 Å². The van der Waals surface area contributed by atoms with E-state index < -0.39 is 0 Å². The normalized spacial score (nSPS) is 10.4. The largest absolute Gasteiger partial charge is 0.497 e. The van der Waals surface area contributed by atoms with Crippen molar-refractivity contribution in [3.05, 3.63) is 40.9 Å². The van der Waals surface area contributed by atoms with Gasteiger partial charge in [-0.2, -0.15) is 0 Å². The maximum Gasteiger partial charge on any atom is 0.225 e. The molecule has 0 amide bonds. The third kappa shape index (κ3) is 2.17. The Bertz CT molecular complexity index is 459. The van der Waals surface area contributed by atoms with E-state index in [0.29, 0.717) is 11.8 Å². The van der Waals surface area contributed by atoms with Crippen LogP contribution in [0.5, 0.6) is 5.75 Å². The Labute approximate surface area is 98.8 Å². The number of hydrogen-bond donors (Lipinski definition) is 0. The Morgan fingerprint density at radius 3 is 2.44 bits per heavy atom. The highest BCUT2D eigenvalue weighted by atomic mass is 35.5. The van der Waals surface area contributed by atoms with E-state index in [9.17, 15) is 0 Å². The van der Waals surface area contributed by atoms with Gasteiger partial charge in [-0.15, -0.1) is 10.2 Å². The van der Waals surface area contributed by atoms with Crippen LogP contribution in [-0.2, 0) is 6.54 Å². The molecule has 84 valence electrons. The van der Waals surface area contributed by atoms with Gasteiger partial charge >= 0.3 is 0 Å². The van der Waals surface area contributed by atoms with Gasteiger partial charge in [-0.25, -0.2) is 0 Å². The SMILES string of the molecule is COc1ccc(Cn2c(C)nnc2Cl)cc1. The molecule has 1 aromatic heterocycles. The number of nitrogens with zero attached hydrogens (tertiary/aromatic N) is 3. The van der Waals surface area contributed by atoms with Crippen molar-refractivity contribution < 1.29 is 4.74 Å². The quantitative estimate of drug-likeness (QED) is 0.823. The van der Waals surface area contributed by atoms with Crippen molar-refractivity contribution in [1.29, 1.82) is 0 Å². The topological polar surface area (TPSA) is 39.9 Å². The molecule has 0 saturated heterocycles. The zero-order valence-corrected chi connectivity index (χ0v) is 9.90. The fourth-order valence-corrected chi connectivity index (χ4v) is 1.67. The average molecular weight is 238 g/mol. The monoisotopic (exact) mass is 237 g/mol. The number of methoxy groups -OCH3 is 1. The summed E-state index contributed by atoms with van der Waals surface area (Å²) in [5.74, 6) is 1.65. The molecule has 2 aromatic rings. The summed E-state index contributed by atoms with van der Waals surface area (Å²) < 4.78 is 6.94. The van der Waals surface area contributed by atoms with Crippen LogP contribution in [0.1, 0.15) is 11.4 Å². The summed E-state index contributed by atoms with van der Waals surface area (Å²) >= 11 is 5.92. The summed E-state index contributed by atoms with van der Waals surface area (Å²) in [6, 6.07) is 7.83. The number of aryl methyl sites for hydroxylation is 1. The predicted molar refractivity (Wildman–Crippen MR) is 61.9 cm³/mol. The third-order valence-electron chi connectivity index (χ3n) is 2.39. The molecule has 1 heterocycles. The van der Waals surface area contributed by atoms with Crippen LogP contribution in [0.2, 0.25) is 5.28 Å². The molecule has 0 atom stereocenters. The van der Waals surface area contributed by atoms with E-state index in [1.807, 2.05) is 35.8 Å². The number of benzene rings is 1. The molecule has 0 bridgehead atoms. The lowest BCUT2D eigenvalue weighted by molar-refractivity contribution is 0.414. The van der Waals surface area contributed by atoms with Crippen molar-refractivity contribution in [2.24, 2.45) is 0 Å². The molecule has 0 saturated carbocycles. The maximum absolute atomic E-state index is 5.92. The van der Waals surface area contributed by atoms with Gasteiger partial charge in [-0.1, -0.05) is 12.1 Å². The fourth-order valence-electron chi connectivity index (χ4n) is 1.45. The van der Waals surface area contributed by atoms with Crippen LogP contribution >= 0.6 is 11.6 Å². The van der Waals surface area contributed by atoms with E-state index in [4.69, 9.17) is 16.3 Å². The molecule has 1 aromatic carbocycles. The molecule has 2 rings (SSSR count). The average Bonchev–Trinajstić information content (AvgIpc) is 2.62. The first kappa shape index (κ1) is 11.0. The minimum absolute atomic E-state index is 0.410. The molecule has 0 aliphatic rings. The van der Waals surface area contributed by atoms with Crippen molar-refractivity contribution in [2.75, 3.05) is 7.11 Å². The standard InChI is InChI=1S/C11H12ClN3O/c1-8-13-14-11(12)15(8)7-9-3-5-10(16-2)6-4-9/h3-6H,7H2,1-2H3. The Morgan fingerprint density at radius 2 is 1.94 bits per heavy atom. The zero-order chi connectivity index (χ0) is 11.5. The summed E-state index contributed by atoms with van der Waals surface area (Å²) in [7, 11) is 1.65. The van der Waals surface area contributed by atoms with Crippen LogP contribution in [0.25, 0.3) is 0 Å². The summed E-state index contributed by atoms with van der Waals surface area (Å²) in [6.07, 6.45) is 0. The highest BCUT2D eigenvalue weighted by molar-refractivity contribution is 6.28. The summed E-state index contributed by atoms with van der Waals surface area (Å²) in [6.45, 7) is 2.55. The van der Waals surface area contributed by atoms with Crippen molar-refractivity contribution in [1.82, 2.24) is 14.8 Å². The number of aromatic nitrogens is 3. The first-order valence-corrected chi connectivity index (χ1v) is 5.26. The first-order valence-electron chi connectivity index (χ1n) is 4.89. The predicted octanol–water partition coefficient (Wildman–Crippen LogP) is 2.30. The molecule has 0 radical (unpaired) electrons. The smallest absolute Gasteiger partial charge is 0.225 e. The molecule has 16 heavy (non-hydrogen) atoms. The Kier molecular flexibility index (Phi) is 3.10. The maximum atomic E-state index is 5.92. The van der Waals surface area contributed by atoms with E-state index in [2.05, 4.69) is 10.2 Å². The van der Waals surface area contributed by atoms with Gasteiger partial charge in [0.1, 0.15) is 11.6 Å². The van der Waals surface area contributed by atoms with E-state index in [-0.39, 0.29) is 0 Å². The zero-order valence-electron chi connectivity index (χ0n) is 9.14. The van der Waals surface area contributed by atoms with Crippen LogP contribution in [0.15, 0.2) is 24.3 Å². The fraction of sp³-hybridized carbons (Fsp3) is 0.273. The van der Waals surface area contributed by atoms with Crippen molar-refractivity contribution in [3.8, 4) is 5.75 Å². The van der Waals surface area contributed by atoms with Crippen LogP contribution in [-0.4, -0.2) is 21.9 Å². The van der Waals surface area contributed by atoms with E-state index in [1.165, 1.54) is 0 Å². The van der Waals surface area contributed by atoms with Gasteiger partial charge in [0.2, 0.25) is 5.28 Å². The summed E-state index contributed by atoms with van der Waals surface area (Å²) in [5, 5.41) is 8.11. The number of hydrogen-bond acceptors (Lipinski definition) is 3. The summed E-state index contributed by atoms with van der Waals surface area (Å²) in [4.78, 5) is 0. The molecule has 5 heteroatoms. The second-order valence-electron chi connectivity index (χ2n) is 3.45. The highest BCUT2D eigenvalue weighted by Gasteiger charge is 2.06. The Hall–Kier alpha value is -1.55. The Morgan fingerprint density at radius 1 is 1.25 bits per heavy atom. The third-order valence-corrected chi connectivity index (χ3v) is 2.67. The van der Waals surface area contributed by atoms with Gasteiger partial charge in [-0.3, -0.25) is 4.57 Å². The van der Waals surface area contributed by atoms with Crippen LogP contribution < -0.4 is 4.74 Å². The van der Waals surface area contributed by atoms with E-state index >= 15 is 0 Å². The van der Waals surface area contributed by atoms with E-state index in [1.54, 1.807) is 7.11 Å². The second-order valence-corrected chi connectivity index (χ2v) is 3.79. The van der Waals surface area contributed by atoms with Gasteiger partial charge in [0.25, 0.3) is 0 Å². The lowest BCUT2D eigenvalue weighted by atomic mass is 10.2. The summed E-state index contributed by atoms with van der Waals surface area (Å²) in [5.41, 5.74) is 1.13. The van der Waals surface area contributed by atoms with Crippen LogP contribution in [0.4, 0.5) is 0 Å². The van der Waals surface area contributed by atoms with Crippen LogP contribution in [0.3, 0.4) is 0 Å². The number of halogens is 1. The second kappa shape index (κ2) is 4.53. The molecule has 0 unspecified atom stereocenters.